The number of carbonyl (C=O) groups is 2. The van der Waals surface area contributed by atoms with Gasteiger partial charge in [0.25, 0.3) is 11.8 Å². The van der Waals surface area contributed by atoms with Crippen molar-refractivity contribution in [2.24, 2.45) is 0 Å². The molecule has 2 amide bonds. The van der Waals surface area contributed by atoms with E-state index in [0.29, 0.717) is 22.7 Å². The van der Waals surface area contributed by atoms with Gasteiger partial charge in [-0.2, -0.15) is 0 Å². The lowest BCUT2D eigenvalue weighted by atomic mass is 9.95. The average Bonchev–Trinajstić information content (AvgIpc) is 3.39. The van der Waals surface area contributed by atoms with Gasteiger partial charge in [0.15, 0.2) is 0 Å². The fourth-order valence-electron chi connectivity index (χ4n) is 3.56. The number of amides is 2. The Morgan fingerprint density at radius 3 is 2.85 bits per heavy atom. The van der Waals surface area contributed by atoms with Crippen LogP contribution in [0.15, 0.2) is 23.0 Å². The molecule has 6 nitrogen and oxygen atoms in total. The molecule has 3 heterocycles. The highest BCUT2D eigenvalue weighted by molar-refractivity contribution is 7.17. The number of thiophene rings is 1. The van der Waals surface area contributed by atoms with Crippen molar-refractivity contribution in [3.63, 3.8) is 0 Å². The van der Waals surface area contributed by atoms with Crippen LogP contribution in [0.1, 0.15) is 56.8 Å². The molecule has 0 saturated carbocycles. The first-order chi connectivity index (χ1) is 12.7. The highest BCUT2D eigenvalue weighted by Gasteiger charge is 2.27. The van der Waals surface area contributed by atoms with Crippen LogP contribution in [-0.4, -0.2) is 31.1 Å². The monoisotopic (exact) mass is 374 g/mol. The van der Waals surface area contributed by atoms with Crippen molar-refractivity contribution in [1.82, 2.24) is 5.32 Å². The highest BCUT2D eigenvalue weighted by Crippen LogP contribution is 2.38. The van der Waals surface area contributed by atoms with Crippen LogP contribution in [0.5, 0.6) is 0 Å². The van der Waals surface area contributed by atoms with Gasteiger partial charge in [0, 0.05) is 18.0 Å². The number of ether oxygens (including phenoxy) is 1. The summed E-state index contributed by atoms with van der Waals surface area (Å²) < 4.78 is 10.6. The standard InChI is InChI=1S/C19H22N2O4S/c22-17(12-7-9-24-11-12)21-19-16(14-5-1-2-6-15(14)26-19)18(23)20-10-13-4-3-8-25-13/h7,9,11,13H,1-6,8,10H2,(H,20,23)(H,21,22). The number of hydrogen-bond donors (Lipinski definition) is 2. The van der Waals surface area contributed by atoms with Gasteiger partial charge in [-0.25, -0.2) is 0 Å². The van der Waals surface area contributed by atoms with Gasteiger partial charge in [0.05, 0.1) is 23.5 Å². The minimum Gasteiger partial charge on any atom is -0.472 e. The highest BCUT2D eigenvalue weighted by atomic mass is 32.1. The summed E-state index contributed by atoms with van der Waals surface area (Å²) in [6.07, 6.45) is 9.03. The number of hydrogen-bond acceptors (Lipinski definition) is 5. The lowest BCUT2D eigenvalue weighted by Gasteiger charge is -2.15. The van der Waals surface area contributed by atoms with Crippen LogP contribution in [0, 0.1) is 0 Å². The molecule has 0 spiro atoms. The fourth-order valence-corrected chi connectivity index (χ4v) is 4.85. The van der Waals surface area contributed by atoms with Crippen LogP contribution in [0.4, 0.5) is 5.00 Å². The first-order valence-corrected chi connectivity index (χ1v) is 9.92. The Labute approximate surface area is 155 Å². The van der Waals surface area contributed by atoms with Gasteiger partial charge in [-0.1, -0.05) is 0 Å². The van der Waals surface area contributed by atoms with Gasteiger partial charge < -0.3 is 19.8 Å². The molecule has 1 unspecified atom stereocenters. The molecule has 1 aliphatic heterocycles. The zero-order valence-corrected chi connectivity index (χ0v) is 15.3. The maximum Gasteiger partial charge on any atom is 0.259 e. The zero-order chi connectivity index (χ0) is 17.9. The first-order valence-electron chi connectivity index (χ1n) is 9.10. The molecule has 26 heavy (non-hydrogen) atoms. The van der Waals surface area contributed by atoms with E-state index in [1.54, 1.807) is 6.07 Å². The van der Waals surface area contributed by atoms with Crippen molar-refractivity contribution >= 4 is 28.2 Å². The molecule has 0 aromatic carbocycles. The molecular formula is C19H22N2O4S. The fraction of sp³-hybridized carbons (Fsp3) is 0.474. The number of nitrogens with one attached hydrogen (secondary N) is 2. The van der Waals surface area contributed by atoms with Gasteiger partial charge in [-0.05, 0) is 50.2 Å². The van der Waals surface area contributed by atoms with Crippen molar-refractivity contribution in [2.45, 2.75) is 44.6 Å². The van der Waals surface area contributed by atoms with E-state index >= 15 is 0 Å². The molecule has 2 N–H and O–H groups in total. The Morgan fingerprint density at radius 1 is 1.19 bits per heavy atom. The summed E-state index contributed by atoms with van der Waals surface area (Å²) in [6.45, 7) is 1.28. The zero-order valence-electron chi connectivity index (χ0n) is 14.5. The van der Waals surface area contributed by atoms with E-state index in [2.05, 4.69) is 10.6 Å². The van der Waals surface area contributed by atoms with Crippen LogP contribution in [-0.2, 0) is 17.6 Å². The molecule has 0 radical (unpaired) electrons. The smallest absolute Gasteiger partial charge is 0.259 e. The Kier molecular flexibility index (Phi) is 5.08. The van der Waals surface area contributed by atoms with Crippen molar-refractivity contribution in [2.75, 3.05) is 18.5 Å². The molecule has 1 aliphatic carbocycles. The third-order valence-corrected chi connectivity index (χ3v) is 6.13. The minimum atomic E-state index is -0.259. The van der Waals surface area contributed by atoms with Crippen LogP contribution < -0.4 is 10.6 Å². The van der Waals surface area contributed by atoms with Gasteiger partial charge >= 0.3 is 0 Å². The molecule has 1 saturated heterocycles. The van der Waals surface area contributed by atoms with E-state index in [1.165, 1.54) is 28.7 Å². The number of aryl methyl sites for hydroxylation is 1. The quantitative estimate of drug-likeness (QED) is 0.841. The number of rotatable bonds is 5. The molecule has 2 aliphatic rings. The largest absolute Gasteiger partial charge is 0.472 e. The summed E-state index contributed by atoms with van der Waals surface area (Å²) in [5.41, 5.74) is 2.16. The number of fused-ring (bicyclic) bond motifs is 1. The van der Waals surface area contributed by atoms with E-state index in [9.17, 15) is 9.59 Å². The lowest BCUT2D eigenvalue weighted by Crippen LogP contribution is -2.32. The van der Waals surface area contributed by atoms with Gasteiger partial charge in [0.2, 0.25) is 0 Å². The summed E-state index contributed by atoms with van der Waals surface area (Å²) >= 11 is 1.52. The van der Waals surface area contributed by atoms with Gasteiger partial charge in [-0.15, -0.1) is 11.3 Å². The van der Waals surface area contributed by atoms with E-state index in [-0.39, 0.29) is 17.9 Å². The lowest BCUT2D eigenvalue weighted by molar-refractivity contribution is 0.0858. The third-order valence-electron chi connectivity index (χ3n) is 4.92. The minimum absolute atomic E-state index is 0.0948. The van der Waals surface area contributed by atoms with Crippen LogP contribution in [0.3, 0.4) is 0 Å². The van der Waals surface area contributed by atoms with E-state index in [1.807, 2.05) is 0 Å². The maximum atomic E-state index is 12.9. The topological polar surface area (TPSA) is 80.6 Å². The van der Waals surface area contributed by atoms with Crippen molar-refractivity contribution in [3.8, 4) is 0 Å². The Bertz CT molecular complexity index is 791. The van der Waals surface area contributed by atoms with E-state index in [4.69, 9.17) is 9.15 Å². The molecule has 1 fully saturated rings. The predicted octanol–water partition coefficient (Wildman–Crippen LogP) is 3.38. The SMILES string of the molecule is O=C(Nc1sc2c(c1C(=O)NCC1CCCO1)CCCC2)c1ccoc1. The average molecular weight is 374 g/mol. The Hall–Kier alpha value is -2.12. The molecular weight excluding hydrogens is 352 g/mol. The Morgan fingerprint density at radius 2 is 2.08 bits per heavy atom. The summed E-state index contributed by atoms with van der Waals surface area (Å²) in [7, 11) is 0. The maximum absolute atomic E-state index is 12.9. The summed E-state index contributed by atoms with van der Waals surface area (Å²) in [5, 5.41) is 6.54. The van der Waals surface area contributed by atoms with Gasteiger partial charge in [-0.3, -0.25) is 9.59 Å². The third kappa shape index (κ3) is 3.54. The normalized spacial score (nSPS) is 19.2. The molecule has 4 rings (SSSR count). The molecule has 2 aromatic rings. The Balaban J connectivity index is 1.55. The number of furan rings is 1. The van der Waals surface area contributed by atoms with Crippen LogP contribution in [0.2, 0.25) is 0 Å². The molecule has 138 valence electrons. The van der Waals surface area contributed by atoms with Crippen LogP contribution in [0.25, 0.3) is 0 Å². The molecule has 0 bridgehead atoms. The summed E-state index contributed by atoms with van der Waals surface area (Å²) in [4.78, 5) is 26.5. The van der Waals surface area contributed by atoms with Crippen molar-refractivity contribution < 1.29 is 18.7 Å². The van der Waals surface area contributed by atoms with Gasteiger partial charge in [0.1, 0.15) is 11.3 Å². The first kappa shape index (κ1) is 17.3. The number of carbonyl (C=O) groups excluding carboxylic acids is 2. The van der Waals surface area contributed by atoms with E-state index < -0.39 is 0 Å². The molecule has 2 aromatic heterocycles. The van der Waals surface area contributed by atoms with Crippen molar-refractivity contribution in [1.29, 1.82) is 0 Å². The number of anilines is 1. The van der Waals surface area contributed by atoms with Crippen LogP contribution >= 0.6 is 11.3 Å². The molecule has 1 atom stereocenters. The van der Waals surface area contributed by atoms with E-state index in [0.717, 1.165) is 50.7 Å². The summed E-state index contributed by atoms with van der Waals surface area (Å²) in [6, 6.07) is 1.61. The summed E-state index contributed by atoms with van der Waals surface area (Å²) in [5.74, 6) is -0.382. The second-order valence-corrected chi connectivity index (χ2v) is 7.83. The van der Waals surface area contributed by atoms with Crippen molar-refractivity contribution in [3.05, 3.63) is 40.2 Å². The second kappa shape index (κ2) is 7.63. The molecule has 7 heteroatoms. The predicted molar refractivity (Wildman–Crippen MR) is 98.9 cm³/mol. The second-order valence-electron chi connectivity index (χ2n) is 6.73.